The molecule has 0 aliphatic carbocycles. The molecule has 1 aromatic heterocycles. The molecule has 0 fully saturated rings. The molecule has 0 saturated carbocycles. The van der Waals surface area contributed by atoms with Crippen LogP contribution >= 0.6 is 7.14 Å². The van der Waals surface area contributed by atoms with Gasteiger partial charge in [-0.2, -0.15) is 0 Å². The van der Waals surface area contributed by atoms with Gasteiger partial charge in [-0.15, -0.1) is 0 Å². The van der Waals surface area contributed by atoms with E-state index in [9.17, 15) is 4.57 Å². The fourth-order valence-corrected chi connectivity index (χ4v) is 8.42. The maximum absolute atomic E-state index is 15.0. The SMILES string of the molecule is O=P1(c2ccccc2)c2ccccc2-c2ccc3c([nH]c4cc5ccccc5cc43)c21. The number of hydrogen-bond acceptors (Lipinski definition) is 1. The molecule has 7 rings (SSSR count). The minimum atomic E-state index is -2.99. The highest BCUT2D eigenvalue weighted by molar-refractivity contribution is 7.86. The molecule has 3 heteroatoms. The number of rotatable bonds is 1. The van der Waals surface area contributed by atoms with Crippen molar-refractivity contribution in [3.05, 3.63) is 103 Å². The number of aromatic amines is 1. The highest BCUT2D eigenvalue weighted by Crippen LogP contribution is 2.54. The smallest absolute Gasteiger partial charge is 0.174 e. The summed E-state index contributed by atoms with van der Waals surface area (Å²) in [7, 11) is -2.99. The largest absolute Gasteiger partial charge is 0.354 e. The Morgan fingerprint density at radius 3 is 2.16 bits per heavy atom. The van der Waals surface area contributed by atoms with Crippen molar-refractivity contribution < 1.29 is 4.57 Å². The second-order valence-electron chi connectivity index (χ2n) is 8.22. The predicted octanol–water partition coefficient (Wildman–Crippen LogP) is 6.09. The molecular weight excluding hydrogens is 397 g/mol. The highest BCUT2D eigenvalue weighted by atomic mass is 31.2. The summed E-state index contributed by atoms with van der Waals surface area (Å²) in [5.74, 6) is 0. The van der Waals surface area contributed by atoms with E-state index < -0.39 is 7.14 Å². The van der Waals surface area contributed by atoms with Crippen LogP contribution in [0.15, 0.2) is 103 Å². The summed E-state index contributed by atoms with van der Waals surface area (Å²) in [6, 6.07) is 35.3. The summed E-state index contributed by atoms with van der Waals surface area (Å²) in [4.78, 5) is 3.66. The Morgan fingerprint density at radius 2 is 1.32 bits per heavy atom. The zero-order valence-electron chi connectivity index (χ0n) is 16.7. The predicted molar refractivity (Wildman–Crippen MR) is 132 cm³/mol. The van der Waals surface area contributed by atoms with Crippen LogP contribution in [0.2, 0.25) is 0 Å². The number of H-pyrrole nitrogens is 1. The standard InChI is InChI=1S/C28H18NOP/c30-31(20-10-2-1-3-11-20)26-13-7-6-12-21(26)23-15-14-22-24-16-18-8-4-5-9-19(18)17-25(24)29-27(22)28(23)31/h1-17,29H. The van der Waals surface area contributed by atoms with Gasteiger partial charge in [-0.1, -0.05) is 91.0 Å². The molecule has 6 aromatic rings. The van der Waals surface area contributed by atoms with Gasteiger partial charge in [0.15, 0.2) is 7.14 Å². The molecule has 31 heavy (non-hydrogen) atoms. The highest BCUT2D eigenvalue weighted by Gasteiger charge is 2.41. The molecule has 0 radical (unpaired) electrons. The van der Waals surface area contributed by atoms with Gasteiger partial charge in [0.05, 0.1) is 10.8 Å². The first-order valence-electron chi connectivity index (χ1n) is 10.5. The van der Waals surface area contributed by atoms with Gasteiger partial charge < -0.3 is 9.55 Å². The molecular formula is C28H18NOP. The molecule has 146 valence electrons. The van der Waals surface area contributed by atoms with Crippen molar-refractivity contribution >= 4 is 55.6 Å². The topological polar surface area (TPSA) is 32.9 Å². The van der Waals surface area contributed by atoms with E-state index in [0.29, 0.717) is 0 Å². The van der Waals surface area contributed by atoms with E-state index in [1.807, 2.05) is 48.5 Å². The number of aromatic nitrogens is 1. The average molecular weight is 415 g/mol. The quantitative estimate of drug-likeness (QED) is 0.323. The molecule has 5 aromatic carbocycles. The van der Waals surface area contributed by atoms with Crippen molar-refractivity contribution in [2.45, 2.75) is 0 Å². The molecule has 0 spiro atoms. The van der Waals surface area contributed by atoms with Gasteiger partial charge in [0.25, 0.3) is 0 Å². The molecule has 2 heterocycles. The second kappa shape index (κ2) is 5.97. The monoisotopic (exact) mass is 415 g/mol. The number of hydrogen-bond donors (Lipinski definition) is 1. The summed E-state index contributed by atoms with van der Waals surface area (Å²) in [5.41, 5.74) is 4.23. The van der Waals surface area contributed by atoms with Crippen LogP contribution in [0.3, 0.4) is 0 Å². The van der Waals surface area contributed by atoms with Crippen LogP contribution < -0.4 is 15.9 Å². The molecule has 1 N–H and O–H groups in total. The fraction of sp³-hybridized carbons (Fsp3) is 0. The van der Waals surface area contributed by atoms with E-state index in [-0.39, 0.29) is 0 Å². The zero-order chi connectivity index (χ0) is 20.6. The maximum Gasteiger partial charge on any atom is 0.174 e. The lowest BCUT2D eigenvalue weighted by Crippen LogP contribution is -2.21. The third-order valence-corrected chi connectivity index (χ3v) is 9.77. The Morgan fingerprint density at radius 1 is 0.613 bits per heavy atom. The molecule has 2 nitrogen and oxygen atoms in total. The van der Waals surface area contributed by atoms with Crippen molar-refractivity contribution in [1.29, 1.82) is 0 Å². The first-order valence-corrected chi connectivity index (χ1v) is 12.2. The summed E-state index contributed by atoms with van der Waals surface area (Å²) >= 11 is 0. The molecule has 0 bridgehead atoms. The van der Waals surface area contributed by atoms with Crippen LogP contribution in [-0.2, 0) is 4.57 Å². The van der Waals surface area contributed by atoms with Gasteiger partial charge in [-0.3, -0.25) is 0 Å². The molecule has 1 aliphatic heterocycles. The van der Waals surface area contributed by atoms with Crippen LogP contribution in [-0.4, -0.2) is 4.98 Å². The van der Waals surface area contributed by atoms with Crippen molar-refractivity contribution in [2.24, 2.45) is 0 Å². The van der Waals surface area contributed by atoms with Gasteiger partial charge in [-0.05, 0) is 34.0 Å². The van der Waals surface area contributed by atoms with E-state index in [2.05, 4.69) is 59.6 Å². The molecule has 0 amide bonds. The first-order chi connectivity index (χ1) is 15.2. The van der Waals surface area contributed by atoms with Crippen LogP contribution in [0.1, 0.15) is 0 Å². The van der Waals surface area contributed by atoms with Gasteiger partial charge in [0.1, 0.15) is 0 Å². The van der Waals surface area contributed by atoms with Crippen LogP contribution in [0, 0.1) is 0 Å². The lowest BCUT2D eigenvalue weighted by atomic mass is 10.0. The Hall–Kier alpha value is -3.61. The van der Waals surface area contributed by atoms with Crippen molar-refractivity contribution in [3.8, 4) is 11.1 Å². The third kappa shape index (κ3) is 2.15. The Kier molecular flexibility index (Phi) is 3.29. The van der Waals surface area contributed by atoms with E-state index >= 15 is 0 Å². The minimum Gasteiger partial charge on any atom is -0.354 e. The summed E-state index contributed by atoms with van der Waals surface area (Å²) in [6.45, 7) is 0. The third-order valence-electron chi connectivity index (χ3n) is 6.58. The van der Waals surface area contributed by atoms with Gasteiger partial charge >= 0.3 is 0 Å². The maximum atomic E-state index is 15.0. The van der Waals surface area contributed by atoms with Gasteiger partial charge in [0, 0.05) is 26.9 Å². The number of fused-ring (bicyclic) bond motifs is 8. The molecule has 1 aliphatic rings. The first kappa shape index (κ1) is 17.1. The van der Waals surface area contributed by atoms with Crippen LogP contribution in [0.4, 0.5) is 0 Å². The van der Waals surface area contributed by atoms with Crippen LogP contribution in [0.5, 0.6) is 0 Å². The Bertz CT molecular complexity index is 1710. The Balaban J connectivity index is 1.66. The number of nitrogens with one attached hydrogen (secondary N) is 1. The van der Waals surface area contributed by atoms with Crippen molar-refractivity contribution in [3.63, 3.8) is 0 Å². The minimum absolute atomic E-state index is 0.887. The van der Waals surface area contributed by atoms with Crippen LogP contribution in [0.25, 0.3) is 43.7 Å². The van der Waals surface area contributed by atoms with Gasteiger partial charge in [0.2, 0.25) is 0 Å². The second-order valence-corrected chi connectivity index (χ2v) is 10.9. The fourth-order valence-electron chi connectivity index (χ4n) is 5.19. The zero-order valence-corrected chi connectivity index (χ0v) is 17.6. The average Bonchev–Trinajstić information content (AvgIpc) is 3.31. The Labute approximate surface area is 179 Å². The molecule has 0 saturated heterocycles. The van der Waals surface area contributed by atoms with Crippen molar-refractivity contribution in [2.75, 3.05) is 0 Å². The van der Waals surface area contributed by atoms with Crippen molar-refractivity contribution in [1.82, 2.24) is 4.98 Å². The number of benzene rings is 5. The summed E-state index contributed by atoms with van der Waals surface area (Å²) in [6.07, 6.45) is 0. The van der Waals surface area contributed by atoms with E-state index in [0.717, 1.165) is 43.5 Å². The molecule has 1 atom stereocenters. The van der Waals surface area contributed by atoms with E-state index in [1.165, 1.54) is 16.2 Å². The van der Waals surface area contributed by atoms with E-state index in [4.69, 9.17) is 0 Å². The normalized spacial score (nSPS) is 17.3. The summed E-state index contributed by atoms with van der Waals surface area (Å²) in [5, 5.41) is 7.48. The summed E-state index contributed by atoms with van der Waals surface area (Å²) < 4.78 is 15.0. The van der Waals surface area contributed by atoms with Gasteiger partial charge in [-0.25, -0.2) is 0 Å². The lowest BCUT2D eigenvalue weighted by molar-refractivity contribution is 0.593. The molecule has 1 unspecified atom stereocenters. The lowest BCUT2D eigenvalue weighted by Gasteiger charge is -2.16. The van der Waals surface area contributed by atoms with E-state index in [1.54, 1.807) is 0 Å².